The number of anilines is 1. The van der Waals surface area contributed by atoms with Crippen molar-refractivity contribution in [3.05, 3.63) is 64.4 Å². The maximum absolute atomic E-state index is 13.8. The Labute approximate surface area is 128 Å². The minimum atomic E-state index is -0.442. The summed E-state index contributed by atoms with van der Waals surface area (Å²) in [7, 11) is 0. The van der Waals surface area contributed by atoms with E-state index in [2.05, 4.69) is 10.6 Å². The number of para-hydroxylation sites is 1. The topological polar surface area (TPSA) is 41.1 Å². The number of amides is 1. The summed E-state index contributed by atoms with van der Waals surface area (Å²) in [5.74, 6) is -0.785. The molecule has 0 aromatic heterocycles. The predicted molar refractivity (Wildman–Crippen MR) is 83.2 cm³/mol. The van der Waals surface area contributed by atoms with Crippen molar-refractivity contribution in [3.8, 4) is 0 Å². The molecule has 3 nitrogen and oxygen atoms in total. The molecule has 2 N–H and O–H groups in total. The van der Waals surface area contributed by atoms with Crippen LogP contribution in [0.15, 0.2) is 42.5 Å². The van der Waals surface area contributed by atoms with Gasteiger partial charge in [0.25, 0.3) is 5.91 Å². The number of hydrogen-bond donors (Lipinski definition) is 2. The maximum Gasteiger partial charge on any atom is 0.253 e. The van der Waals surface area contributed by atoms with Crippen LogP contribution in [0.25, 0.3) is 0 Å². The average Bonchev–Trinajstić information content (AvgIpc) is 2.48. The molecule has 21 heavy (non-hydrogen) atoms. The Bertz CT molecular complexity index is 646. The van der Waals surface area contributed by atoms with Crippen molar-refractivity contribution in [3.63, 3.8) is 0 Å². The van der Waals surface area contributed by atoms with E-state index in [4.69, 9.17) is 11.6 Å². The summed E-state index contributed by atoms with van der Waals surface area (Å²) >= 11 is 6.04. The van der Waals surface area contributed by atoms with E-state index in [1.165, 1.54) is 12.1 Å². The molecule has 1 amide bonds. The first-order chi connectivity index (χ1) is 10.1. The fourth-order valence-corrected chi connectivity index (χ4v) is 2.18. The van der Waals surface area contributed by atoms with Gasteiger partial charge in [0.05, 0.1) is 11.3 Å². The van der Waals surface area contributed by atoms with Gasteiger partial charge in [-0.25, -0.2) is 4.39 Å². The van der Waals surface area contributed by atoms with E-state index in [0.717, 1.165) is 5.56 Å². The normalized spacial score (nSPS) is 10.2. The Morgan fingerprint density at radius 2 is 1.95 bits per heavy atom. The highest BCUT2D eigenvalue weighted by atomic mass is 35.5. The van der Waals surface area contributed by atoms with E-state index < -0.39 is 5.82 Å². The van der Waals surface area contributed by atoms with Gasteiger partial charge in [-0.2, -0.15) is 0 Å². The molecule has 0 aliphatic heterocycles. The fourth-order valence-electron chi connectivity index (χ4n) is 1.98. The van der Waals surface area contributed by atoms with Crippen LogP contribution in [-0.2, 0) is 6.54 Å². The van der Waals surface area contributed by atoms with Crippen LogP contribution in [0.1, 0.15) is 22.8 Å². The highest BCUT2D eigenvalue weighted by Crippen LogP contribution is 2.20. The molecule has 2 aromatic rings. The highest BCUT2D eigenvalue weighted by molar-refractivity contribution is 6.31. The molecule has 0 fully saturated rings. The summed E-state index contributed by atoms with van der Waals surface area (Å²) in [5, 5.41) is 6.21. The summed E-state index contributed by atoms with van der Waals surface area (Å²) in [6.07, 6.45) is 0. The molecule has 2 aromatic carbocycles. The quantitative estimate of drug-likeness (QED) is 0.881. The largest absolute Gasteiger partial charge is 0.382 e. The van der Waals surface area contributed by atoms with Crippen LogP contribution in [0.3, 0.4) is 0 Å². The van der Waals surface area contributed by atoms with Crippen LogP contribution in [0.5, 0.6) is 0 Å². The monoisotopic (exact) mass is 306 g/mol. The van der Waals surface area contributed by atoms with Crippen molar-refractivity contribution < 1.29 is 9.18 Å². The molecule has 0 heterocycles. The van der Waals surface area contributed by atoms with Gasteiger partial charge in [0.2, 0.25) is 0 Å². The summed E-state index contributed by atoms with van der Waals surface area (Å²) in [6.45, 7) is 2.67. The molecule has 0 saturated carbocycles. The van der Waals surface area contributed by atoms with Crippen molar-refractivity contribution in [2.75, 3.05) is 11.9 Å². The number of nitrogens with one attached hydrogen (secondary N) is 2. The minimum absolute atomic E-state index is 0.219. The van der Waals surface area contributed by atoms with E-state index in [9.17, 15) is 9.18 Å². The van der Waals surface area contributed by atoms with Crippen LogP contribution < -0.4 is 10.6 Å². The summed E-state index contributed by atoms with van der Waals surface area (Å²) in [6, 6.07) is 11.7. The molecule has 2 rings (SSSR count). The third-order valence-corrected chi connectivity index (χ3v) is 3.38. The van der Waals surface area contributed by atoms with E-state index in [-0.39, 0.29) is 17.2 Å². The van der Waals surface area contributed by atoms with Crippen LogP contribution in [0, 0.1) is 5.82 Å². The van der Waals surface area contributed by atoms with Gasteiger partial charge in [-0.3, -0.25) is 4.79 Å². The lowest BCUT2D eigenvalue weighted by atomic mass is 10.1. The molecule has 0 aliphatic rings. The molecular formula is C16H16ClFN2O. The predicted octanol–water partition coefficient (Wildman–Crippen LogP) is 3.84. The molecular weight excluding hydrogens is 291 g/mol. The number of carbonyl (C=O) groups is 1. The molecule has 0 aliphatic carbocycles. The smallest absolute Gasteiger partial charge is 0.253 e. The van der Waals surface area contributed by atoms with Crippen LogP contribution in [-0.4, -0.2) is 12.5 Å². The molecule has 0 saturated heterocycles. The lowest BCUT2D eigenvalue weighted by molar-refractivity contribution is 0.0951. The molecule has 0 atom stereocenters. The number of rotatable bonds is 5. The third kappa shape index (κ3) is 3.73. The van der Waals surface area contributed by atoms with Gasteiger partial charge in [0, 0.05) is 18.1 Å². The Balaban J connectivity index is 2.14. The number of carbonyl (C=O) groups excluding carboxylic acids is 1. The zero-order valence-corrected chi connectivity index (χ0v) is 12.4. The SMILES string of the molecule is CCNc1c(F)cccc1C(=O)NCc1ccccc1Cl. The van der Waals surface area contributed by atoms with Gasteiger partial charge in [-0.1, -0.05) is 35.9 Å². The van der Waals surface area contributed by atoms with Crippen LogP contribution in [0.2, 0.25) is 5.02 Å². The van der Waals surface area contributed by atoms with Crippen LogP contribution in [0.4, 0.5) is 10.1 Å². The minimum Gasteiger partial charge on any atom is -0.382 e. The second-order valence-corrected chi connectivity index (χ2v) is 4.87. The average molecular weight is 307 g/mol. The zero-order chi connectivity index (χ0) is 15.2. The van der Waals surface area contributed by atoms with E-state index >= 15 is 0 Å². The molecule has 0 bridgehead atoms. The second kappa shape index (κ2) is 7.09. The summed E-state index contributed by atoms with van der Waals surface area (Å²) in [4.78, 5) is 12.2. The van der Waals surface area contributed by atoms with Gasteiger partial charge >= 0.3 is 0 Å². The van der Waals surface area contributed by atoms with Gasteiger partial charge in [0.15, 0.2) is 0 Å². The lowest BCUT2D eigenvalue weighted by Gasteiger charge is -2.12. The van der Waals surface area contributed by atoms with Crippen molar-refractivity contribution in [1.82, 2.24) is 5.32 Å². The van der Waals surface area contributed by atoms with Crippen molar-refractivity contribution >= 4 is 23.2 Å². The number of halogens is 2. The summed E-state index contributed by atoms with van der Waals surface area (Å²) < 4.78 is 13.8. The first kappa shape index (κ1) is 15.3. The standard InChI is InChI=1S/C16H16ClFN2O/c1-2-19-15-12(7-5-9-14(15)18)16(21)20-10-11-6-3-4-8-13(11)17/h3-9,19H,2,10H2,1H3,(H,20,21). The molecule has 0 radical (unpaired) electrons. The Hall–Kier alpha value is -2.07. The molecule has 0 spiro atoms. The first-order valence-corrected chi connectivity index (χ1v) is 7.05. The second-order valence-electron chi connectivity index (χ2n) is 4.47. The van der Waals surface area contributed by atoms with Gasteiger partial charge in [-0.05, 0) is 30.7 Å². The van der Waals surface area contributed by atoms with Crippen molar-refractivity contribution in [2.45, 2.75) is 13.5 Å². The lowest BCUT2D eigenvalue weighted by Crippen LogP contribution is -2.24. The van der Waals surface area contributed by atoms with E-state index in [1.54, 1.807) is 12.1 Å². The third-order valence-electron chi connectivity index (χ3n) is 3.01. The number of hydrogen-bond acceptors (Lipinski definition) is 2. The van der Waals surface area contributed by atoms with Crippen molar-refractivity contribution in [1.29, 1.82) is 0 Å². The first-order valence-electron chi connectivity index (χ1n) is 6.67. The summed E-state index contributed by atoms with van der Waals surface area (Å²) in [5.41, 5.74) is 1.31. The highest BCUT2D eigenvalue weighted by Gasteiger charge is 2.14. The molecule has 0 unspecified atom stereocenters. The van der Waals surface area contributed by atoms with E-state index in [1.807, 2.05) is 25.1 Å². The van der Waals surface area contributed by atoms with Gasteiger partial charge < -0.3 is 10.6 Å². The number of benzene rings is 2. The van der Waals surface area contributed by atoms with Gasteiger partial charge in [-0.15, -0.1) is 0 Å². The van der Waals surface area contributed by atoms with Crippen LogP contribution >= 0.6 is 11.6 Å². The Kier molecular flexibility index (Phi) is 5.17. The molecule has 110 valence electrons. The maximum atomic E-state index is 13.8. The Morgan fingerprint density at radius 1 is 1.19 bits per heavy atom. The van der Waals surface area contributed by atoms with E-state index in [0.29, 0.717) is 18.1 Å². The zero-order valence-electron chi connectivity index (χ0n) is 11.6. The van der Waals surface area contributed by atoms with Gasteiger partial charge in [0.1, 0.15) is 5.82 Å². The Morgan fingerprint density at radius 3 is 2.67 bits per heavy atom. The van der Waals surface area contributed by atoms with Crippen molar-refractivity contribution in [2.24, 2.45) is 0 Å². The fraction of sp³-hybridized carbons (Fsp3) is 0.188. The molecule has 5 heteroatoms.